The summed E-state index contributed by atoms with van der Waals surface area (Å²) in [6, 6.07) is 5.41. The Balaban J connectivity index is 0.931. The number of nitrogens with two attached hydrogens (primary N) is 1. The summed E-state index contributed by atoms with van der Waals surface area (Å²) in [5.41, 5.74) is 8.60. The van der Waals surface area contributed by atoms with E-state index in [1.165, 1.54) is 22.5 Å². The van der Waals surface area contributed by atoms with Crippen LogP contribution in [0.15, 0.2) is 35.1 Å². The highest BCUT2D eigenvalue weighted by Crippen LogP contribution is 2.46. The number of halogens is 1. The molecule has 3 aliphatic rings. The van der Waals surface area contributed by atoms with Crippen LogP contribution in [-0.4, -0.2) is 175 Å². The Bertz CT molecular complexity index is 3050. The van der Waals surface area contributed by atoms with Crippen LogP contribution in [0.4, 0.5) is 14.9 Å². The lowest BCUT2D eigenvalue weighted by Crippen LogP contribution is -2.50. The minimum atomic E-state index is -2.06. The highest BCUT2D eigenvalue weighted by molar-refractivity contribution is 5.98. The first-order chi connectivity index (χ1) is 40.9. The van der Waals surface area contributed by atoms with Crippen LogP contribution in [0.5, 0.6) is 0 Å². The molecule has 2 aromatic heterocycles. The number of nitrogens with zero attached hydrogens (tertiary/aromatic N) is 3. The van der Waals surface area contributed by atoms with Gasteiger partial charge < -0.3 is 83.6 Å². The molecule has 7 rings (SSSR count). The van der Waals surface area contributed by atoms with Gasteiger partial charge in [0, 0.05) is 49.0 Å². The zero-order valence-electron chi connectivity index (χ0n) is 49.7. The van der Waals surface area contributed by atoms with Crippen molar-refractivity contribution in [2.75, 3.05) is 119 Å². The molecule has 1 aliphatic carbocycles. The number of pyridine rings is 2. The second kappa shape index (κ2) is 31.7. The fourth-order valence-corrected chi connectivity index (χ4v) is 10.2. The van der Waals surface area contributed by atoms with Gasteiger partial charge in [-0.1, -0.05) is 26.8 Å². The Hall–Kier alpha value is -6.52. The van der Waals surface area contributed by atoms with E-state index in [9.17, 15) is 33.9 Å². The van der Waals surface area contributed by atoms with Crippen molar-refractivity contribution >= 4 is 46.4 Å². The number of carbonyl (C=O) groups excluding carboxylic acids is 5. The molecular formula is C60H82FN7O17. The summed E-state index contributed by atoms with van der Waals surface area (Å²) in [7, 11) is 3.24. The molecule has 4 aromatic rings. The first kappa shape index (κ1) is 66.0. The third-order valence-electron chi connectivity index (χ3n) is 15.2. The van der Waals surface area contributed by atoms with Gasteiger partial charge in [-0.25, -0.2) is 19.0 Å². The number of esters is 1. The van der Waals surface area contributed by atoms with Gasteiger partial charge in [-0.15, -0.1) is 0 Å². The van der Waals surface area contributed by atoms with E-state index in [4.69, 9.17) is 58.1 Å². The standard InChI is InChI=1S/C60H82FN7O17/c1-8-60(75)45-30-49-54-43(33-68(49)57(72)44(45)35-84-58(60)73)52-47(12-11-42-37(4)46(61)31-48(65-54)51(42)52)66-59(74)85-34-39-9-10-41(64-55(70)38(5)63-56(71)53(62)36(2)3)29-40(39)32-67(6)50(69)13-14-77-17-18-79-21-22-81-25-26-83-28-27-82-24-23-80-20-19-78-16-15-76-7/h9-10,29-31,36,38,47,53,75H,8,11-28,32-35,62H2,1-7H3,(H,63,71)(H,64,70)(H,66,74)/t38-,47-,53-,60-/m0/s1. The fourth-order valence-electron chi connectivity index (χ4n) is 10.2. The molecule has 2 aromatic carbocycles. The zero-order valence-corrected chi connectivity index (χ0v) is 49.7. The van der Waals surface area contributed by atoms with Crippen molar-refractivity contribution < 1.29 is 80.8 Å². The summed E-state index contributed by atoms with van der Waals surface area (Å²) < 4.78 is 71.8. The molecule has 0 saturated carbocycles. The van der Waals surface area contributed by atoms with Gasteiger partial charge in [0.05, 0.1) is 147 Å². The number of carbonyl (C=O) groups is 5. The predicted octanol–water partition coefficient (Wildman–Crippen LogP) is 3.98. The largest absolute Gasteiger partial charge is 0.458 e. The van der Waals surface area contributed by atoms with Gasteiger partial charge in [0.1, 0.15) is 25.1 Å². The summed E-state index contributed by atoms with van der Waals surface area (Å²) >= 11 is 0. The van der Waals surface area contributed by atoms with Crippen LogP contribution in [0.1, 0.15) is 97.5 Å². The Morgan fingerprint density at radius 3 is 2.02 bits per heavy atom. The number of anilines is 1. The number of cyclic esters (lactones) is 1. The van der Waals surface area contributed by atoms with Crippen LogP contribution >= 0.6 is 0 Å². The van der Waals surface area contributed by atoms with E-state index in [1.54, 1.807) is 66.1 Å². The molecule has 0 fully saturated rings. The molecule has 4 amide bonds. The number of hydrogen-bond donors (Lipinski definition) is 5. The molecule has 0 bridgehead atoms. The Morgan fingerprint density at radius 2 is 1.44 bits per heavy atom. The number of aryl methyl sites for hydroxylation is 1. The molecule has 85 heavy (non-hydrogen) atoms. The Kier molecular flexibility index (Phi) is 24.7. The molecule has 466 valence electrons. The average molecular weight is 1190 g/mol. The van der Waals surface area contributed by atoms with Crippen molar-refractivity contribution in [1.82, 2.24) is 25.1 Å². The fraction of sp³-hybridized carbons (Fsp3) is 0.583. The number of benzene rings is 2. The van der Waals surface area contributed by atoms with Gasteiger partial charge in [0.25, 0.3) is 5.56 Å². The average Bonchev–Trinajstić information content (AvgIpc) is 1.96. The number of hydrogen-bond acceptors (Lipinski definition) is 19. The van der Waals surface area contributed by atoms with E-state index >= 15 is 4.39 Å². The lowest BCUT2D eigenvalue weighted by atomic mass is 9.81. The van der Waals surface area contributed by atoms with Crippen molar-refractivity contribution in [3.8, 4) is 11.4 Å². The lowest BCUT2D eigenvalue weighted by Gasteiger charge is -2.31. The second-order valence-electron chi connectivity index (χ2n) is 21.4. The predicted molar refractivity (Wildman–Crippen MR) is 308 cm³/mol. The van der Waals surface area contributed by atoms with Gasteiger partial charge in [-0.3, -0.25) is 19.2 Å². The Labute approximate surface area is 493 Å². The molecule has 24 nitrogen and oxygen atoms in total. The molecule has 4 heterocycles. The number of ether oxygens (including phenoxy) is 10. The van der Waals surface area contributed by atoms with Crippen LogP contribution in [-0.2, 0) is 105 Å². The van der Waals surface area contributed by atoms with E-state index in [0.717, 1.165) is 5.56 Å². The quantitative estimate of drug-likeness (QED) is 0.0283. The third-order valence-corrected chi connectivity index (χ3v) is 15.2. The lowest BCUT2D eigenvalue weighted by molar-refractivity contribution is -0.172. The molecule has 4 atom stereocenters. The van der Waals surface area contributed by atoms with Gasteiger partial charge in [-0.05, 0) is 85.0 Å². The minimum absolute atomic E-state index is 0.0403. The number of methoxy groups -OCH3 is 1. The maximum Gasteiger partial charge on any atom is 0.407 e. The summed E-state index contributed by atoms with van der Waals surface area (Å²) in [5, 5.41) is 20.6. The summed E-state index contributed by atoms with van der Waals surface area (Å²) in [5.74, 6) is -2.72. The molecule has 0 radical (unpaired) electrons. The number of rotatable bonds is 35. The number of nitrogens with one attached hydrogen (secondary N) is 3. The molecule has 0 saturated heterocycles. The number of alkyl carbamates (subject to hydrolysis) is 1. The molecule has 0 unspecified atom stereocenters. The van der Waals surface area contributed by atoms with Gasteiger partial charge in [-0.2, -0.15) is 0 Å². The summed E-state index contributed by atoms with van der Waals surface area (Å²) in [6.45, 7) is 14.0. The van der Waals surface area contributed by atoms with E-state index in [2.05, 4.69) is 16.0 Å². The van der Waals surface area contributed by atoms with Crippen molar-refractivity contribution in [3.63, 3.8) is 0 Å². The normalized spacial score (nSPS) is 16.6. The van der Waals surface area contributed by atoms with Crippen LogP contribution in [0.3, 0.4) is 0 Å². The summed E-state index contributed by atoms with van der Waals surface area (Å²) in [6.07, 6.45) is -0.0550. The molecular weight excluding hydrogens is 1110 g/mol. The van der Waals surface area contributed by atoms with E-state index in [0.29, 0.717) is 155 Å². The smallest absolute Gasteiger partial charge is 0.407 e. The zero-order chi connectivity index (χ0) is 61.2. The van der Waals surface area contributed by atoms with Crippen LogP contribution < -0.4 is 27.2 Å². The van der Waals surface area contributed by atoms with Gasteiger partial charge in [0.2, 0.25) is 17.7 Å². The highest BCUT2D eigenvalue weighted by atomic mass is 19.1. The SMILES string of the molecule is CC[C@@]1(O)C(=O)OCc2c1cc1n(c2=O)Cc2c-1nc1cc(F)c(C)c3c1c2[C@@H](NC(=O)OCc1ccc(NC(=O)[C@H](C)NC(=O)[C@@H](N)C(C)C)cc1CN(C)C(=O)CCOCCOCCOCCOCCOCCOCCOCCOC)CC3. The summed E-state index contributed by atoms with van der Waals surface area (Å²) in [4.78, 5) is 87.0. The number of aromatic nitrogens is 2. The number of aliphatic hydroxyl groups is 1. The number of fused-ring (bicyclic) bond motifs is 5. The van der Waals surface area contributed by atoms with E-state index in [-0.39, 0.29) is 75.3 Å². The molecule has 25 heteroatoms. The first-order valence-electron chi connectivity index (χ1n) is 28.9. The Morgan fingerprint density at radius 1 is 0.835 bits per heavy atom. The monoisotopic (exact) mass is 1190 g/mol. The maximum atomic E-state index is 15.6. The van der Waals surface area contributed by atoms with Gasteiger partial charge >= 0.3 is 12.1 Å². The van der Waals surface area contributed by atoms with E-state index < -0.39 is 59.0 Å². The molecule has 2 aliphatic heterocycles. The minimum Gasteiger partial charge on any atom is -0.458 e. The van der Waals surface area contributed by atoms with E-state index in [1.807, 2.05) is 0 Å². The third kappa shape index (κ3) is 16.9. The topological polar surface area (TPSA) is 298 Å². The van der Waals surface area contributed by atoms with Crippen LogP contribution in [0, 0.1) is 18.7 Å². The molecule has 0 spiro atoms. The van der Waals surface area contributed by atoms with Crippen molar-refractivity contribution in [2.45, 2.75) is 110 Å². The van der Waals surface area contributed by atoms with Crippen molar-refractivity contribution in [1.29, 1.82) is 0 Å². The van der Waals surface area contributed by atoms with Crippen molar-refractivity contribution in [3.05, 3.63) is 91.0 Å². The van der Waals surface area contributed by atoms with Gasteiger partial charge in [0.15, 0.2) is 5.60 Å². The van der Waals surface area contributed by atoms with Crippen LogP contribution in [0.2, 0.25) is 0 Å². The first-order valence-corrected chi connectivity index (χ1v) is 28.9. The van der Waals surface area contributed by atoms with Crippen LogP contribution in [0.25, 0.3) is 22.3 Å². The number of amides is 4. The van der Waals surface area contributed by atoms with Crippen molar-refractivity contribution in [2.24, 2.45) is 11.7 Å². The maximum absolute atomic E-state index is 15.6. The highest BCUT2D eigenvalue weighted by Gasteiger charge is 2.46. The molecule has 6 N–H and O–H groups in total. The second-order valence-corrected chi connectivity index (χ2v) is 21.4.